The molecule has 0 spiro atoms. The van der Waals surface area contributed by atoms with Gasteiger partial charge < -0.3 is 0 Å². The van der Waals surface area contributed by atoms with Crippen LogP contribution in [0.2, 0.25) is 10.0 Å². The average molecular weight is 421 g/mol. The Morgan fingerprint density at radius 2 is 1.66 bits per heavy atom. The molecule has 1 aliphatic carbocycles. The summed E-state index contributed by atoms with van der Waals surface area (Å²) in [5, 5.41) is 14.3. The molecular weight excluding hydrogens is 407 g/mol. The lowest BCUT2D eigenvalue weighted by molar-refractivity contribution is 0.760. The van der Waals surface area contributed by atoms with Crippen molar-refractivity contribution in [3.05, 3.63) is 91.9 Å². The number of nitrogens with one attached hydrogen (secondary N) is 1. The molecule has 0 atom stereocenters. The summed E-state index contributed by atoms with van der Waals surface area (Å²) < 4.78 is 1.37. The summed E-state index contributed by atoms with van der Waals surface area (Å²) in [6, 6.07) is 16.9. The summed E-state index contributed by atoms with van der Waals surface area (Å²) in [5.74, 6) is 0. The van der Waals surface area contributed by atoms with Crippen molar-refractivity contribution in [1.82, 2.24) is 14.6 Å². The van der Waals surface area contributed by atoms with E-state index in [0.717, 1.165) is 29.7 Å². The highest BCUT2D eigenvalue weighted by molar-refractivity contribution is 6.30. The number of rotatable bonds is 3. The molecule has 0 aliphatic heterocycles. The maximum Gasteiger partial charge on any atom is 0.280 e. The van der Waals surface area contributed by atoms with Gasteiger partial charge in [0.1, 0.15) is 11.6 Å². The largest absolute Gasteiger partial charge is 0.291 e. The van der Waals surface area contributed by atoms with Crippen molar-refractivity contribution >= 4 is 28.8 Å². The molecule has 1 fully saturated rings. The maximum atomic E-state index is 13.2. The SMILES string of the molecule is N#Cc1c(C2(c3ccc(Cl)cc3)CC2)[nH]n2c(=O)c(-c3ccc(Cl)cc3)cnc12. The third-order valence-electron chi connectivity index (χ3n) is 5.55. The van der Waals surface area contributed by atoms with Crippen LogP contribution in [0.1, 0.15) is 29.7 Å². The monoisotopic (exact) mass is 420 g/mol. The zero-order valence-corrected chi connectivity index (χ0v) is 16.6. The van der Waals surface area contributed by atoms with Gasteiger partial charge in [0.2, 0.25) is 0 Å². The Kier molecular flexibility index (Phi) is 4.02. The molecule has 0 bridgehead atoms. The first kappa shape index (κ1) is 18.0. The van der Waals surface area contributed by atoms with E-state index in [4.69, 9.17) is 23.2 Å². The summed E-state index contributed by atoms with van der Waals surface area (Å²) in [5.41, 5.74) is 3.10. The van der Waals surface area contributed by atoms with Crippen LogP contribution in [0.4, 0.5) is 0 Å². The first-order valence-electron chi connectivity index (χ1n) is 9.10. The van der Waals surface area contributed by atoms with Crippen LogP contribution < -0.4 is 5.56 Å². The van der Waals surface area contributed by atoms with Crippen LogP contribution in [0, 0.1) is 11.3 Å². The highest BCUT2D eigenvalue weighted by Crippen LogP contribution is 2.54. The van der Waals surface area contributed by atoms with Gasteiger partial charge >= 0.3 is 0 Å². The van der Waals surface area contributed by atoms with Gasteiger partial charge in [-0.3, -0.25) is 9.89 Å². The van der Waals surface area contributed by atoms with Gasteiger partial charge in [-0.1, -0.05) is 47.5 Å². The first-order valence-corrected chi connectivity index (χ1v) is 9.85. The van der Waals surface area contributed by atoms with E-state index < -0.39 is 0 Å². The maximum absolute atomic E-state index is 13.2. The quantitative estimate of drug-likeness (QED) is 0.509. The molecule has 29 heavy (non-hydrogen) atoms. The third kappa shape index (κ3) is 2.76. The van der Waals surface area contributed by atoms with Crippen molar-refractivity contribution in [3.63, 3.8) is 0 Å². The zero-order valence-electron chi connectivity index (χ0n) is 15.1. The number of hydrogen-bond donors (Lipinski definition) is 1. The minimum absolute atomic E-state index is 0.257. The van der Waals surface area contributed by atoms with Crippen LogP contribution in [0.3, 0.4) is 0 Å². The van der Waals surface area contributed by atoms with Crippen LogP contribution in [-0.2, 0) is 5.41 Å². The molecule has 2 heterocycles. The molecule has 0 radical (unpaired) electrons. The molecule has 1 aliphatic rings. The third-order valence-corrected chi connectivity index (χ3v) is 6.05. The van der Waals surface area contributed by atoms with E-state index in [2.05, 4.69) is 16.2 Å². The van der Waals surface area contributed by atoms with E-state index in [1.54, 1.807) is 24.3 Å². The second-order valence-electron chi connectivity index (χ2n) is 7.21. The van der Waals surface area contributed by atoms with Gasteiger partial charge in [-0.15, -0.1) is 0 Å². The molecule has 5 nitrogen and oxygen atoms in total. The highest BCUT2D eigenvalue weighted by atomic mass is 35.5. The first-order chi connectivity index (χ1) is 14.0. The predicted octanol–water partition coefficient (Wildman–Crippen LogP) is 4.95. The molecule has 5 rings (SSSR count). The number of H-pyrrole nitrogens is 1. The van der Waals surface area contributed by atoms with Crippen LogP contribution in [-0.4, -0.2) is 14.6 Å². The Balaban J connectivity index is 1.71. The summed E-state index contributed by atoms with van der Waals surface area (Å²) in [4.78, 5) is 17.6. The van der Waals surface area contributed by atoms with Gasteiger partial charge in [-0.2, -0.15) is 9.78 Å². The van der Waals surface area contributed by atoms with E-state index in [1.807, 2.05) is 24.3 Å². The number of aromatic amines is 1. The van der Waals surface area contributed by atoms with Gasteiger partial charge in [0, 0.05) is 21.7 Å². The number of hydrogen-bond acceptors (Lipinski definition) is 3. The van der Waals surface area contributed by atoms with Gasteiger partial charge in [0.25, 0.3) is 5.56 Å². The topological polar surface area (TPSA) is 73.9 Å². The Bertz CT molecular complexity index is 1340. The summed E-state index contributed by atoms with van der Waals surface area (Å²) >= 11 is 12.0. The van der Waals surface area contributed by atoms with Crippen molar-refractivity contribution in [3.8, 4) is 17.2 Å². The molecule has 2 aromatic heterocycles. The zero-order chi connectivity index (χ0) is 20.2. The number of halogens is 2. The fourth-order valence-electron chi connectivity index (χ4n) is 3.87. The fraction of sp³-hybridized carbons (Fsp3) is 0.136. The smallest absolute Gasteiger partial charge is 0.280 e. The second-order valence-corrected chi connectivity index (χ2v) is 8.08. The minimum Gasteiger partial charge on any atom is -0.291 e. The van der Waals surface area contributed by atoms with Crippen molar-refractivity contribution in [2.75, 3.05) is 0 Å². The fourth-order valence-corrected chi connectivity index (χ4v) is 4.12. The number of nitrogens with zero attached hydrogens (tertiary/aromatic N) is 3. The molecule has 1 saturated carbocycles. The summed E-state index contributed by atoms with van der Waals surface area (Å²) in [6.45, 7) is 0. The lowest BCUT2D eigenvalue weighted by Gasteiger charge is -2.14. The Hall–Kier alpha value is -3.07. The number of nitriles is 1. The molecule has 4 aromatic rings. The van der Waals surface area contributed by atoms with Crippen molar-refractivity contribution in [2.24, 2.45) is 0 Å². The second kappa shape index (κ2) is 6.48. The van der Waals surface area contributed by atoms with Gasteiger partial charge in [-0.25, -0.2) is 4.98 Å². The molecule has 0 amide bonds. The Morgan fingerprint density at radius 3 is 2.24 bits per heavy atom. The Morgan fingerprint density at radius 1 is 1.03 bits per heavy atom. The summed E-state index contributed by atoms with van der Waals surface area (Å²) in [7, 11) is 0. The standard InChI is InChI=1S/C22H14Cl2N4O/c23-15-5-1-13(2-6-15)18-12-26-20-17(11-25)19(27-28(20)21(18)29)22(9-10-22)14-3-7-16(24)8-4-14/h1-8,12,27H,9-10H2. The van der Waals surface area contributed by atoms with Gasteiger partial charge in [0.15, 0.2) is 5.65 Å². The summed E-state index contributed by atoms with van der Waals surface area (Å²) in [6.07, 6.45) is 3.28. The lowest BCUT2D eigenvalue weighted by Crippen LogP contribution is -2.18. The van der Waals surface area contributed by atoms with Crippen LogP contribution in [0.25, 0.3) is 16.8 Å². The van der Waals surface area contributed by atoms with Gasteiger partial charge in [-0.05, 0) is 48.2 Å². The number of benzene rings is 2. The molecule has 0 saturated heterocycles. The van der Waals surface area contributed by atoms with E-state index in [0.29, 0.717) is 26.8 Å². The average Bonchev–Trinajstić information content (AvgIpc) is 3.44. The molecule has 7 heteroatoms. The van der Waals surface area contributed by atoms with E-state index in [-0.39, 0.29) is 11.0 Å². The molecule has 142 valence electrons. The molecule has 1 N–H and O–H groups in total. The van der Waals surface area contributed by atoms with Crippen molar-refractivity contribution < 1.29 is 0 Å². The molecular formula is C22H14Cl2N4O. The normalized spacial score (nSPS) is 14.7. The lowest BCUT2D eigenvalue weighted by atomic mass is 9.90. The van der Waals surface area contributed by atoms with Crippen molar-refractivity contribution in [2.45, 2.75) is 18.3 Å². The minimum atomic E-state index is -0.323. The van der Waals surface area contributed by atoms with Crippen LogP contribution in [0.15, 0.2) is 59.5 Å². The predicted molar refractivity (Wildman–Crippen MR) is 112 cm³/mol. The highest BCUT2D eigenvalue weighted by Gasteiger charge is 2.49. The van der Waals surface area contributed by atoms with E-state index in [9.17, 15) is 10.1 Å². The molecule has 0 unspecified atom stereocenters. The van der Waals surface area contributed by atoms with E-state index in [1.165, 1.54) is 10.7 Å². The van der Waals surface area contributed by atoms with Crippen molar-refractivity contribution in [1.29, 1.82) is 5.26 Å². The van der Waals surface area contributed by atoms with Gasteiger partial charge in [0.05, 0.1) is 11.3 Å². The van der Waals surface area contributed by atoms with Crippen LogP contribution in [0.5, 0.6) is 0 Å². The van der Waals surface area contributed by atoms with E-state index >= 15 is 0 Å². The molecule has 2 aromatic carbocycles. The Labute approximate surface area is 176 Å². The van der Waals surface area contributed by atoms with Crippen LogP contribution >= 0.6 is 23.2 Å². The number of fused-ring (bicyclic) bond motifs is 1. The number of aromatic nitrogens is 3.